The molecule has 1 aromatic carbocycles. The molecule has 0 atom stereocenters. The van der Waals surface area contributed by atoms with Gasteiger partial charge in [0, 0.05) is 5.69 Å². The molecule has 0 spiro atoms. The van der Waals surface area contributed by atoms with Crippen molar-refractivity contribution in [1.82, 2.24) is 0 Å². The lowest BCUT2D eigenvalue weighted by atomic mass is 10.0. The van der Waals surface area contributed by atoms with Crippen molar-refractivity contribution in [2.75, 3.05) is 5.32 Å². The maximum absolute atomic E-state index is 12.6. The van der Waals surface area contributed by atoms with E-state index in [4.69, 9.17) is 0 Å². The summed E-state index contributed by atoms with van der Waals surface area (Å²) in [6.07, 6.45) is -4.59. The maximum atomic E-state index is 12.6. The van der Waals surface area contributed by atoms with Gasteiger partial charge in [-0.15, -0.1) is 0 Å². The predicted octanol–water partition coefficient (Wildman–Crippen LogP) is 3.53. The van der Waals surface area contributed by atoms with Gasteiger partial charge in [0.15, 0.2) is 0 Å². The van der Waals surface area contributed by atoms with Gasteiger partial charge in [-0.2, -0.15) is 13.2 Å². The Labute approximate surface area is 97.8 Å². The fourth-order valence-electron chi connectivity index (χ4n) is 1.73. The molecule has 0 bridgehead atoms. The van der Waals surface area contributed by atoms with Crippen LogP contribution >= 0.6 is 0 Å². The van der Waals surface area contributed by atoms with E-state index in [9.17, 15) is 18.0 Å². The molecule has 17 heavy (non-hydrogen) atoms. The number of benzene rings is 1. The Hall–Kier alpha value is -1.52. The van der Waals surface area contributed by atoms with Gasteiger partial charge in [-0.3, -0.25) is 4.79 Å². The molecule has 1 N–H and O–H groups in total. The van der Waals surface area contributed by atoms with Crippen molar-refractivity contribution >= 4 is 11.6 Å². The molecular formula is C12H14F3NO. The average Bonchev–Trinajstić information content (AvgIpc) is 2.58. The Balaban J connectivity index is 0.000000686. The number of hydrogen-bond acceptors (Lipinski definition) is 1. The first-order valence-electron chi connectivity index (χ1n) is 5.38. The molecule has 0 aliphatic carbocycles. The minimum Gasteiger partial charge on any atom is -0.326 e. The third-order valence-corrected chi connectivity index (χ3v) is 2.31. The number of rotatable bonds is 0. The zero-order valence-corrected chi connectivity index (χ0v) is 9.90. The van der Waals surface area contributed by atoms with Crippen LogP contribution in [0.1, 0.15) is 30.5 Å². The standard InChI is InChI=1S/C10H8F3NO.C2H6/c1-5-2-7(10(11,12)13)6-4-9(15)14-8(6)3-5;1-2/h2-3H,4H2,1H3,(H,14,15);1-2H3. The second-order valence-electron chi connectivity index (χ2n) is 3.56. The minimum atomic E-state index is -4.40. The highest BCUT2D eigenvalue weighted by Crippen LogP contribution is 2.38. The van der Waals surface area contributed by atoms with E-state index in [0.717, 1.165) is 6.07 Å². The Kier molecular flexibility index (Phi) is 3.80. The fourth-order valence-corrected chi connectivity index (χ4v) is 1.73. The van der Waals surface area contributed by atoms with Gasteiger partial charge >= 0.3 is 6.18 Å². The molecule has 0 fully saturated rings. The zero-order valence-electron chi connectivity index (χ0n) is 9.90. The first-order valence-corrected chi connectivity index (χ1v) is 5.38. The summed E-state index contributed by atoms with van der Waals surface area (Å²) < 4.78 is 37.8. The van der Waals surface area contributed by atoms with Crippen LogP contribution in [0.5, 0.6) is 0 Å². The number of alkyl halides is 3. The Morgan fingerprint density at radius 1 is 1.24 bits per heavy atom. The molecule has 1 aliphatic rings. The quantitative estimate of drug-likeness (QED) is 0.744. The normalized spacial score (nSPS) is 13.6. The van der Waals surface area contributed by atoms with E-state index in [-0.39, 0.29) is 23.6 Å². The third kappa shape index (κ3) is 2.78. The summed E-state index contributed by atoms with van der Waals surface area (Å²) in [7, 11) is 0. The molecule has 2 nitrogen and oxygen atoms in total. The number of fused-ring (bicyclic) bond motifs is 1. The van der Waals surface area contributed by atoms with Crippen molar-refractivity contribution in [1.29, 1.82) is 0 Å². The smallest absolute Gasteiger partial charge is 0.326 e. The summed E-state index contributed by atoms with van der Waals surface area (Å²) >= 11 is 0. The topological polar surface area (TPSA) is 29.1 Å². The molecule has 0 saturated heterocycles. The molecule has 0 radical (unpaired) electrons. The van der Waals surface area contributed by atoms with Crippen LogP contribution in [0.4, 0.5) is 18.9 Å². The van der Waals surface area contributed by atoms with E-state index < -0.39 is 11.7 Å². The molecule has 1 amide bonds. The van der Waals surface area contributed by atoms with Gasteiger partial charge in [-0.25, -0.2) is 0 Å². The second-order valence-corrected chi connectivity index (χ2v) is 3.56. The largest absolute Gasteiger partial charge is 0.416 e. The van der Waals surface area contributed by atoms with Gasteiger partial charge in [0.25, 0.3) is 0 Å². The number of halogens is 3. The van der Waals surface area contributed by atoms with Gasteiger partial charge < -0.3 is 5.32 Å². The van der Waals surface area contributed by atoms with Crippen molar-refractivity contribution < 1.29 is 18.0 Å². The number of nitrogens with one attached hydrogen (secondary N) is 1. The predicted molar refractivity (Wildman–Crippen MR) is 59.9 cm³/mol. The highest BCUT2D eigenvalue weighted by atomic mass is 19.4. The van der Waals surface area contributed by atoms with Crippen molar-refractivity contribution in [2.24, 2.45) is 0 Å². The SMILES string of the molecule is CC.Cc1cc2c(c(C(F)(F)F)c1)CC(=O)N2. The first kappa shape index (κ1) is 13.5. The van der Waals surface area contributed by atoms with Crippen LogP contribution in [0.2, 0.25) is 0 Å². The van der Waals surface area contributed by atoms with Gasteiger partial charge in [0.1, 0.15) is 0 Å². The number of amides is 1. The molecule has 0 aromatic heterocycles. The average molecular weight is 245 g/mol. The summed E-state index contributed by atoms with van der Waals surface area (Å²) in [4.78, 5) is 11.0. The highest BCUT2D eigenvalue weighted by molar-refractivity contribution is 5.99. The monoisotopic (exact) mass is 245 g/mol. The summed E-state index contributed by atoms with van der Waals surface area (Å²) in [5.41, 5.74) is 0.115. The molecular weight excluding hydrogens is 231 g/mol. The fraction of sp³-hybridized carbons (Fsp3) is 0.417. The number of hydrogen-bond donors (Lipinski definition) is 1. The summed E-state index contributed by atoms with van der Waals surface area (Å²) in [6.45, 7) is 5.57. The molecule has 0 saturated carbocycles. The van der Waals surface area contributed by atoms with Crippen LogP contribution in [-0.4, -0.2) is 5.91 Å². The summed E-state index contributed by atoms with van der Waals surface area (Å²) in [5.74, 6) is -0.388. The van der Waals surface area contributed by atoms with Crippen molar-refractivity contribution in [3.05, 3.63) is 28.8 Å². The number of carbonyl (C=O) groups excluding carboxylic acids is 1. The van der Waals surface area contributed by atoms with Crippen LogP contribution < -0.4 is 5.32 Å². The van der Waals surface area contributed by atoms with E-state index in [2.05, 4.69) is 5.32 Å². The van der Waals surface area contributed by atoms with Crippen LogP contribution in [0.25, 0.3) is 0 Å². The lowest BCUT2D eigenvalue weighted by Crippen LogP contribution is -2.09. The summed E-state index contributed by atoms with van der Waals surface area (Å²) in [6, 6.07) is 2.62. The van der Waals surface area contributed by atoms with Crippen molar-refractivity contribution in [2.45, 2.75) is 33.4 Å². The van der Waals surface area contributed by atoms with E-state index >= 15 is 0 Å². The van der Waals surface area contributed by atoms with Crippen molar-refractivity contribution in [3.8, 4) is 0 Å². The third-order valence-electron chi connectivity index (χ3n) is 2.31. The lowest BCUT2D eigenvalue weighted by Gasteiger charge is -2.12. The number of aryl methyl sites for hydroxylation is 1. The lowest BCUT2D eigenvalue weighted by molar-refractivity contribution is -0.138. The molecule has 0 unspecified atom stereocenters. The maximum Gasteiger partial charge on any atom is 0.416 e. The number of anilines is 1. The van der Waals surface area contributed by atoms with Crippen molar-refractivity contribution in [3.63, 3.8) is 0 Å². The van der Waals surface area contributed by atoms with E-state index in [0.29, 0.717) is 5.56 Å². The molecule has 94 valence electrons. The van der Waals surface area contributed by atoms with Gasteiger partial charge in [0.05, 0.1) is 12.0 Å². The molecule has 1 heterocycles. The molecule has 5 heteroatoms. The molecule has 1 aliphatic heterocycles. The Morgan fingerprint density at radius 2 is 1.82 bits per heavy atom. The highest BCUT2D eigenvalue weighted by Gasteiger charge is 2.37. The van der Waals surface area contributed by atoms with E-state index in [1.54, 1.807) is 13.0 Å². The Morgan fingerprint density at radius 3 is 2.35 bits per heavy atom. The first-order chi connectivity index (χ1) is 7.88. The van der Waals surface area contributed by atoms with E-state index in [1.807, 2.05) is 13.8 Å². The van der Waals surface area contributed by atoms with Crippen LogP contribution in [0.15, 0.2) is 12.1 Å². The van der Waals surface area contributed by atoms with E-state index in [1.165, 1.54) is 0 Å². The molecule has 2 rings (SSSR count). The van der Waals surface area contributed by atoms with Gasteiger partial charge in [-0.1, -0.05) is 13.8 Å². The van der Waals surface area contributed by atoms with Crippen LogP contribution in [0, 0.1) is 6.92 Å². The van der Waals surface area contributed by atoms with Crippen LogP contribution in [-0.2, 0) is 17.4 Å². The van der Waals surface area contributed by atoms with Crippen LogP contribution in [0.3, 0.4) is 0 Å². The zero-order chi connectivity index (χ0) is 13.2. The Bertz CT molecular complexity index is 438. The minimum absolute atomic E-state index is 0.0538. The molecule has 1 aromatic rings. The van der Waals surface area contributed by atoms with Gasteiger partial charge in [-0.05, 0) is 30.2 Å². The van der Waals surface area contributed by atoms with Gasteiger partial charge in [0.2, 0.25) is 5.91 Å². The second kappa shape index (κ2) is 4.77. The summed E-state index contributed by atoms with van der Waals surface area (Å²) in [5, 5.41) is 2.41. The number of carbonyl (C=O) groups is 1.